The Morgan fingerprint density at radius 2 is 1.93 bits per heavy atom. The molecule has 1 rings (SSSR count). The number of anilines is 2. The van der Waals surface area contributed by atoms with Gasteiger partial charge in [-0.15, -0.1) is 0 Å². The molecule has 0 aliphatic heterocycles. The number of hydrogen-bond donors (Lipinski definition) is 1. The third-order valence-corrected chi connectivity index (χ3v) is 2.18. The molecule has 0 aliphatic carbocycles. The molecule has 0 radical (unpaired) electrons. The summed E-state index contributed by atoms with van der Waals surface area (Å²) in [5.41, 5.74) is 2.30. The van der Waals surface area contributed by atoms with Crippen molar-refractivity contribution in [1.82, 2.24) is 0 Å². The second-order valence-electron chi connectivity index (χ2n) is 3.63. The molecule has 1 aromatic carbocycles. The minimum atomic E-state index is 0.614. The Bertz CT molecular complexity index is 322. The fraction of sp³-hybridized carbons (Fsp3) is 0.417. The van der Waals surface area contributed by atoms with Crippen molar-refractivity contribution < 1.29 is 0 Å². The van der Waals surface area contributed by atoms with Crippen LogP contribution in [-0.2, 0) is 0 Å². The molecule has 0 fully saturated rings. The van der Waals surface area contributed by atoms with Crippen LogP contribution < -0.4 is 10.2 Å². The van der Waals surface area contributed by atoms with Gasteiger partial charge in [-0.3, -0.25) is 0 Å². The summed E-state index contributed by atoms with van der Waals surface area (Å²) in [6.45, 7) is 0.856. The van der Waals surface area contributed by atoms with Crippen molar-refractivity contribution in [2.45, 2.75) is 12.8 Å². The fourth-order valence-electron chi connectivity index (χ4n) is 1.28. The molecular formula is C12H17N3. The lowest BCUT2D eigenvalue weighted by Crippen LogP contribution is -2.08. The Kier molecular flexibility index (Phi) is 4.49. The number of hydrogen-bond acceptors (Lipinski definition) is 3. The summed E-state index contributed by atoms with van der Waals surface area (Å²) in [5.74, 6) is 0. The van der Waals surface area contributed by atoms with Crippen LogP contribution in [0.15, 0.2) is 24.3 Å². The Balaban J connectivity index is 2.40. The molecule has 80 valence electrons. The number of benzene rings is 1. The molecule has 15 heavy (non-hydrogen) atoms. The highest BCUT2D eigenvalue weighted by Crippen LogP contribution is 2.15. The zero-order valence-corrected chi connectivity index (χ0v) is 9.33. The Morgan fingerprint density at radius 3 is 2.47 bits per heavy atom. The van der Waals surface area contributed by atoms with Crippen LogP contribution in [0, 0.1) is 11.3 Å². The molecule has 0 spiro atoms. The van der Waals surface area contributed by atoms with Crippen molar-refractivity contribution in [3.63, 3.8) is 0 Å². The minimum Gasteiger partial charge on any atom is -0.385 e. The summed E-state index contributed by atoms with van der Waals surface area (Å²) in [6, 6.07) is 10.4. The third kappa shape index (κ3) is 3.90. The molecule has 0 aliphatic rings. The molecule has 1 aromatic rings. The second-order valence-corrected chi connectivity index (χ2v) is 3.63. The van der Waals surface area contributed by atoms with Crippen molar-refractivity contribution >= 4 is 11.4 Å². The molecule has 0 atom stereocenters. The third-order valence-electron chi connectivity index (χ3n) is 2.18. The van der Waals surface area contributed by atoms with Gasteiger partial charge in [-0.05, 0) is 30.7 Å². The number of nitrogens with one attached hydrogen (secondary N) is 1. The number of nitrogens with zero attached hydrogens (tertiary/aromatic N) is 2. The van der Waals surface area contributed by atoms with Gasteiger partial charge in [0.05, 0.1) is 6.07 Å². The maximum atomic E-state index is 8.38. The molecular weight excluding hydrogens is 186 g/mol. The van der Waals surface area contributed by atoms with Gasteiger partial charge in [0.1, 0.15) is 0 Å². The lowest BCUT2D eigenvalue weighted by molar-refractivity contribution is 0.897. The van der Waals surface area contributed by atoms with Crippen LogP contribution in [0.25, 0.3) is 0 Å². The first-order valence-corrected chi connectivity index (χ1v) is 5.12. The van der Waals surface area contributed by atoms with Gasteiger partial charge in [-0.1, -0.05) is 0 Å². The molecule has 0 unspecified atom stereocenters. The van der Waals surface area contributed by atoms with Gasteiger partial charge < -0.3 is 10.2 Å². The van der Waals surface area contributed by atoms with Crippen LogP contribution in [-0.4, -0.2) is 20.6 Å². The molecule has 3 nitrogen and oxygen atoms in total. The molecule has 0 heterocycles. The van der Waals surface area contributed by atoms with E-state index in [1.54, 1.807) is 0 Å². The number of unbranched alkanes of at least 4 members (excludes halogenated alkanes) is 1. The van der Waals surface area contributed by atoms with E-state index in [1.807, 2.05) is 14.1 Å². The smallest absolute Gasteiger partial charge is 0.0622 e. The average molecular weight is 203 g/mol. The molecule has 0 saturated heterocycles. The Morgan fingerprint density at radius 1 is 1.27 bits per heavy atom. The van der Waals surface area contributed by atoms with Crippen molar-refractivity contribution in [3.8, 4) is 6.07 Å². The average Bonchev–Trinajstić information content (AvgIpc) is 2.25. The lowest BCUT2D eigenvalue weighted by Gasteiger charge is -2.13. The quantitative estimate of drug-likeness (QED) is 0.747. The number of nitriles is 1. The van der Waals surface area contributed by atoms with Crippen molar-refractivity contribution in [3.05, 3.63) is 24.3 Å². The van der Waals surface area contributed by atoms with Crippen LogP contribution in [0.1, 0.15) is 12.8 Å². The van der Waals surface area contributed by atoms with Crippen molar-refractivity contribution in [1.29, 1.82) is 5.26 Å². The molecule has 0 amide bonds. The van der Waals surface area contributed by atoms with Gasteiger partial charge in [0.15, 0.2) is 0 Å². The van der Waals surface area contributed by atoms with Crippen molar-refractivity contribution in [2.24, 2.45) is 0 Å². The normalized spacial score (nSPS) is 9.40. The SMILES string of the molecule is CN(C)c1ccc(NCCCC#N)cc1. The van der Waals surface area contributed by atoms with Crippen LogP contribution in [0.3, 0.4) is 0 Å². The molecule has 1 N–H and O–H groups in total. The van der Waals surface area contributed by atoms with E-state index in [0.29, 0.717) is 6.42 Å². The van der Waals surface area contributed by atoms with E-state index >= 15 is 0 Å². The van der Waals surface area contributed by atoms with Gasteiger partial charge in [-0.2, -0.15) is 5.26 Å². The van der Waals surface area contributed by atoms with Gasteiger partial charge in [0.25, 0.3) is 0 Å². The largest absolute Gasteiger partial charge is 0.385 e. The highest BCUT2D eigenvalue weighted by atomic mass is 15.1. The standard InChI is InChI=1S/C12H17N3/c1-15(2)12-7-5-11(6-8-12)14-10-4-3-9-13/h5-8,14H,3-4,10H2,1-2H3. The summed E-state index contributed by atoms with van der Waals surface area (Å²) in [7, 11) is 4.05. The second kappa shape index (κ2) is 5.92. The van der Waals surface area contributed by atoms with E-state index in [4.69, 9.17) is 5.26 Å². The highest BCUT2D eigenvalue weighted by Gasteiger charge is 1.95. The maximum Gasteiger partial charge on any atom is 0.0622 e. The fourth-order valence-corrected chi connectivity index (χ4v) is 1.28. The lowest BCUT2D eigenvalue weighted by atomic mass is 10.2. The summed E-state index contributed by atoms with van der Waals surface area (Å²) >= 11 is 0. The molecule has 3 heteroatoms. The van der Waals surface area contributed by atoms with Gasteiger partial charge >= 0.3 is 0 Å². The first kappa shape index (κ1) is 11.4. The topological polar surface area (TPSA) is 39.1 Å². The zero-order valence-electron chi connectivity index (χ0n) is 9.33. The Labute approximate surface area is 91.3 Å². The molecule has 0 saturated carbocycles. The minimum absolute atomic E-state index is 0.614. The predicted octanol–water partition coefficient (Wildman–Crippen LogP) is 2.47. The van der Waals surface area contributed by atoms with E-state index in [1.165, 1.54) is 5.69 Å². The van der Waals surface area contributed by atoms with Crippen LogP contribution >= 0.6 is 0 Å². The summed E-state index contributed by atoms with van der Waals surface area (Å²) in [5, 5.41) is 11.7. The monoisotopic (exact) mass is 203 g/mol. The van der Waals surface area contributed by atoms with E-state index < -0.39 is 0 Å². The summed E-state index contributed by atoms with van der Waals surface area (Å²) in [4.78, 5) is 2.07. The predicted molar refractivity (Wildman–Crippen MR) is 64.1 cm³/mol. The highest BCUT2D eigenvalue weighted by molar-refractivity contribution is 5.54. The van der Waals surface area contributed by atoms with Gasteiger partial charge in [0, 0.05) is 38.4 Å². The van der Waals surface area contributed by atoms with Crippen LogP contribution in [0.4, 0.5) is 11.4 Å². The van der Waals surface area contributed by atoms with Crippen LogP contribution in [0.5, 0.6) is 0 Å². The first-order valence-electron chi connectivity index (χ1n) is 5.12. The van der Waals surface area contributed by atoms with E-state index in [2.05, 4.69) is 40.6 Å². The summed E-state index contributed by atoms with van der Waals surface area (Å²) < 4.78 is 0. The van der Waals surface area contributed by atoms with E-state index in [9.17, 15) is 0 Å². The first-order chi connectivity index (χ1) is 7.24. The van der Waals surface area contributed by atoms with Crippen molar-refractivity contribution in [2.75, 3.05) is 30.9 Å². The molecule has 0 aromatic heterocycles. The number of rotatable bonds is 5. The van der Waals surface area contributed by atoms with E-state index in [-0.39, 0.29) is 0 Å². The zero-order chi connectivity index (χ0) is 11.1. The maximum absolute atomic E-state index is 8.38. The van der Waals surface area contributed by atoms with Gasteiger partial charge in [0.2, 0.25) is 0 Å². The van der Waals surface area contributed by atoms with Gasteiger partial charge in [-0.25, -0.2) is 0 Å². The van der Waals surface area contributed by atoms with E-state index in [0.717, 1.165) is 18.7 Å². The van der Waals surface area contributed by atoms with Crippen LogP contribution in [0.2, 0.25) is 0 Å². The molecule has 0 bridgehead atoms. The summed E-state index contributed by atoms with van der Waals surface area (Å²) in [6.07, 6.45) is 1.51. The Hall–Kier alpha value is -1.69.